The van der Waals surface area contributed by atoms with Crippen LogP contribution in [0.3, 0.4) is 0 Å². The van der Waals surface area contributed by atoms with Crippen LogP contribution in [-0.4, -0.2) is 17.0 Å². The Morgan fingerprint density at radius 3 is 2.21 bits per heavy atom. The number of rotatable bonds is 5. The molecule has 0 radical (unpaired) electrons. The van der Waals surface area contributed by atoms with E-state index in [4.69, 9.17) is 5.11 Å². The molecule has 0 aromatic heterocycles. The molecule has 0 atom stereocenters. The van der Waals surface area contributed by atoms with E-state index in [0.717, 1.165) is 11.1 Å². The van der Waals surface area contributed by atoms with Crippen LogP contribution in [0.25, 0.3) is 17.2 Å². The highest BCUT2D eigenvalue weighted by atomic mass is 16.4. The van der Waals surface area contributed by atoms with Crippen molar-refractivity contribution in [2.24, 2.45) is 0 Å². The van der Waals surface area contributed by atoms with Gasteiger partial charge >= 0.3 is 5.97 Å². The molecule has 0 aliphatic carbocycles. The highest BCUT2D eigenvalue weighted by Crippen LogP contribution is 2.20. The minimum absolute atomic E-state index is 0.0526. The summed E-state index contributed by atoms with van der Waals surface area (Å²) in [5.41, 5.74) is 3.11. The number of hydrogen-bond acceptors (Lipinski definition) is 3. The van der Waals surface area contributed by atoms with Gasteiger partial charge in [0.1, 0.15) is 11.6 Å². The van der Waals surface area contributed by atoms with Crippen molar-refractivity contribution in [1.29, 1.82) is 5.26 Å². The van der Waals surface area contributed by atoms with E-state index in [1.807, 2.05) is 60.7 Å². The third kappa shape index (κ3) is 4.51. The molecule has 0 bridgehead atoms. The summed E-state index contributed by atoms with van der Waals surface area (Å²) in [5, 5.41) is 20.9. The smallest absolute Gasteiger partial charge is 0.335 e. The predicted molar refractivity (Wildman–Crippen MR) is 107 cm³/mol. The Morgan fingerprint density at radius 2 is 1.57 bits per heavy atom. The van der Waals surface area contributed by atoms with E-state index in [0.29, 0.717) is 11.3 Å². The van der Waals surface area contributed by atoms with Gasteiger partial charge in [0, 0.05) is 5.69 Å². The minimum atomic E-state index is -1.09. The van der Waals surface area contributed by atoms with Crippen LogP contribution in [0, 0.1) is 11.3 Å². The van der Waals surface area contributed by atoms with E-state index in [9.17, 15) is 14.9 Å². The fourth-order valence-corrected chi connectivity index (χ4v) is 2.65. The van der Waals surface area contributed by atoms with Crippen molar-refractivity contribution in [3.63, 3.8) is 0 Å². The van der Waals surface area contributed by atoms with Gasteiger partial charge in [-0.15, -0.1) is 0 Å². The molecule has 0 spiro atoms. The van der Waals surface area contributed by atoms with Crippen LogP contribution in [-0.2, 0) is 4.79 Å². The maximum atomic E-state index is 12.4. The second-order valence-electron chi connectivity index (χ2n) is 6.00. The summed E-state index contributed by atoms with van der Waals surface area (Å²) in [4.78, 5) is 23.4. The van der Waals surface area contributed by atoms with E-state index in [1.54, 1.807) is 6.07 Å². The number of amides is 1. The second-order valence-corrected chi connectivity index (χ2v) is 6.00. The molecule has 0 saturated heterocycles. The van der Waals surface area contributed by atoms with E-state index >= 15 is 0 Å². The normalized spacial score (nSPS) is 10.8. The van der Waals surface area contributed by atoms with Gasteiger partial charge < -0.3 is 10.4 Å². The molecule has 2 N–H and O–H groups in total. The van der Waals surface area contributed by atoms with Gasteiger partial charge in [-0.1, -0.05) is 60.7 Å². The number of carboxylic acids is 1. The van der Waals surface area contributed by atoms with E-state index < -0.39 is 11.9 Å². The SMILES string of the molecule is N#C/C(=C/c1ccc(-c2ccccc2)cc1)C(=O)Nc1cccc(C(=O)O)c1. The lowest BCUT2D eigenvalue weighted by Crippen LogP contribution is -2.13. The summed E-state index contributed by atoms with van der Waals surface area (Å²) in [6, 6.07) is 25.1. The maximum Gasteiger partial charge on any atom is 0.335 e. The summed E-state index contributed by atoms with van der Waals surface area (Å²) in [6.07, 6.45) is 1.49. The largest absolute Gasteiger partial charge is 0.478 e. The Kier molecular flexibility index (Phi) is 5.63. The number of aromatic carboxylic acids is 1. The van der Waals surface area contributed by atoms with E-state index in [2.05, 4.69) is 5.32 Å². The van der Waals surface area contributed by atoms with Gasteiger partial charge in [0.05, 0.1) is 5.56 Å². The number of hydrogen-bond donors (Lipinski definition) is 2. The van der Waals surface area contributed by atoms with Gasteiger partial charge in [0.2, 0.25) is 0 Å². The van der Waals surface area contributed by atoms with Crippen LogP contribution >= 0.6 is 0 Å². The molecule has 28 heavy (non-hydrogen) atoms. The van der Waals surface area contributed by atoms with E-state index in [1.165, 1.54) is 24.3 Å². The molecule has 3 aromatic rings. The molecule has 0 fully saturated rings. The second kappa shape index (κ2) is 8.47. The summed E-state index contributed by atoms with van der Waals surface area (Å²) in [5.74, 6) is -1.69. The quantitative estimate of drug-likeness (QED) is 0.509. The lowest BCUT2D eigenvalue weighted by molar-refractivity contribution is -0.112. The lowest BCUT2D eigenvalue weighted by atomic mass is 10.0. The van der Waals surface area contributed by atoms with E-state index in [-0.39, 0.29) is 11.1 Å². The highest BCUT2D eigenvalue weighted by Gasteiger charge is 2.11. The Labute approximate surface area is 162 Å². The van der Waals surface area contributed by atoms with Crippen molar-refractivity contribution in [2.45, 2.75) is 0 Å². The lowest BCUT2D eigenvalue weighted by Gasteiger charge is -2.06. The molecule has 0 unspecified atom stereocenters. The Bertz CT molecular complexity index is 1080. The molecule has 0 aliphatic heterocycles. The van der Waals surface area contributed by atoms with Crippen molar-refractivity contribution in [3.05, 3.63) is 95.6 Å². The van der Waals surface area contributed by atoms with Gasteiger partial charge in [-0.3, -0.25) is 4.79 Å². The van der Waals surface area contributed by atoms with Crippen LogP contribution in [0.4, 0.5) is 5.69 Å². The Balaban J connectivity index is 1.78. The molecule has 136 valence electrons. The average Bonchev–Trinajstić information content (AvgIpc) is 2.73. The predicted octanol–water partition coefficient (Wildman–Crippen LogP) is 4.60. The standard InChI is InChI=1S/C23H16N2O3/c24-15-20(22(26)25-21-8-4-7-19(14-21)23(27)28)13-16-9-11-18(12-10-16)17-5-2-1-3-6-17/h1-14H,(H,25,26)(H,27,28)/b20-13-. The summed E-state index contributed by atoms with van der Waals surface area (Å²) >= 11 is 0. The first-order chi connectivity index (χ1) is 13.6. The molecular weight excluding hydrogens is 352 g/mol. The third-order valence-electron chi connectivity index (χ3n) is 4.06. The minimum Gasteiger partial charge on any atom is -0.478 e. The fourth-order valence-electron chi connectivity index (χ4n) is 2.65. The maximum absolute atomic E-state index is 12.4. The zero-order valence-corrected chi connectivity index (χ0v) is 14.8. The number of nitrogens with zero attached hydrogens (tertiary/aromatic N) is 1. The van der Waals surface area contributed by atoms with Gasteiger partial charge in [-0.2, -0.15) is 5.26 Å². The van der Waals surface area contributed by atoms with Gasteiger partial charge in [-0.05, 0) is 41.0 Å². The van der Waals surface area contributed by atoms with Crippen LogP contribution in [0.5, 0.6) is 0 Å². The number of nitrogens with one attached hydrogen (secondary N) is 1. The van der Waals surface area contributed by atoms with Gasteiger partial charge in [0.25, 0.3) is 5.91 Å². The monoisotopic (exact) mass is 368 g/mol. The fraction of sp³-hybridized carbons (Fsp3) is 0. The number of carbonyl (C=O) groups is 2. The van der Waals surface area contributed by atoms with Crippen LogP contribution in [0.1, 0.15) is 15.9 Å². The summed E-state index contributed by atoms with van der Waals surface area (Å²) in [6.45, 7) is 0. The number of benzene rings is 3. The molecule has 1 amide bonds. The number of carboxylic acid groups (broad SMARTS) is 1. The van der Waals surface area contributed by atoms with Crippen molar-refractivity contribution in [1.82, 2.24) is 0 Å². The van der Waals surface area contributed by atoms with Gasteiger partial charge in [0.15, 0.2) is 0 Å². The zero-order valence-electron chi connectivity index (χ0n) is 14.8. The first-order valence-corrected chi connectivity index (χ1v) is 8.49. The average molecular weight is 368 g/mol. The summed E-state index contributed by atoms with van der Waals surface area (Å²) < 4.78 is 0. The van der Waals surface area contributed by atoms with Crippen molar-refractivity contribution >= 4 is 23.6 Å². The molecule has 3 rings (SSSR count). The molecule has 0 saturated carbocycles. The molecule has 0 heterocycles. The van der Waals surface area contributed by atoms with Crippen molar-refractivity contribution in [2.75, 3.05) is 5.32 Å². The molecule has 5 nitrogen and oxygen atoms in total. The first-order valence-electron chi connectivity index (χ1n) is 8.49. The summed E-state index contributed by atoms with van der Waals surface area (Å²) in [7, 11) is 0. The third-order valence-corrected chi connectivity index (χ3v) is 4.06. The Morgan fingerprint density at radius 1 is 0.893 bits per heavy atom. The molecule has 0 aliphatic rings. The molecule has 3 aromatic carbocycles. The van der Waals surface area contributed by atoms with Crippen molar-refractivity contribution < 1.29 is 14.7 Å². The molecular formula is C23H16N2O3. The number of nitriles is 1. The van der Waals surface area contributed by atoms with Crippen molar-refractivity contribution in [3.8, 4) is 17.2 Å². The number of carbonyl (C=O) groups excluding carboxylic acids is 1. The molecule has 5 heteroatoms. The van der Waals surface area contributed by atoms with Crippen LogP contribution < -0.4 is 5.32 Å². The first kappa shape index (κ1) is 18.6. The zero-order chi connectivity index (χ0) is 19.9. The van der Waals surface area contributed by atoms with Gasteiger partial charge in [-0.25, -0.2) is 4.79 Å². The highest BCUT2D eigenvalue weighted by molar-refractivity contribution is 6.10. The number of anilines is 1. The van der Waals surface area contributed by atoms with Crippen LogP contribution in [0.15, 0.2) is 84.4 Å². The Hall–Kier alpha value is -4.17. The topological polar surface area (TPSA) is 90.2 Å². The van der Waals surface area contributed by atoms with Crippen LogP contribution in [0.2, 0.25) is 0 Å².